The van der Waals surface area contributed by atoms with Gasteiger partial charge in [0.2, 0.25) is 0 Å². The van der Waals surface area contributed by atoms with Crippen molar-refractivity contribution in [3.63, 3.8) is 0 Å². The van der Waals surface area contributed by atoms with Crippen molar-refractivity contribution in [1.82, 2.24) is 0 Å². The first-order chi connectivity index (χ1) is 7.99. The Kier molecular flexibility index (Phi) is 3.85. The molecule has 0 bridgehead atoms. The minimum Gasteiger partial charge on any atom is -0.384 e. The third-order valence-corrected chi connectivity index (χ3v) is 4.55. The zero-order valence-corrected chi connectivity index (χ0v) is 12.5. The van der Waals surface area contributed by atoms with E-state index in [0.717, 1.165) is 19.6 Å². The van der Waals surface area contributed by atoms with E-state index in [-0.39, 0.29) is 5.82 Å². The second kappa shape index (κ2) is 5.04. The normalized spacial score (nSPS) is 12.8. The summed E-state index contributed by atoms with van der Waals surface area (Å²) in [6.45, 7) is 4.01. The maximum Gasteiger partial charge on any atom is 0.124 e. The third-order valence-electron chi connectivity index (χ3n) is 2.63. The topological polar surface area (TPSA) is 20.2 Å². The number of hydrogen-bond acceptors (Lipinski definition) is 2. The van der Waals surface area contributed by atoms with Crippen molar-refractivity contribution in [2.45, 2.75) is 20.0 Å². The lowest BCUT2D eigenvalue weighted by Gasteiger charge is -2.12. The Morgan fingerprint density at radius 2 is 1.94 bits per heavy atom. The zero-order valence-electron chi connectivity index (χ0n) is 9.50. The van der Waals surface area contributed by atoms with Crippen LogP contribution in [-0.4, -0.2) is 5.11 Å². The minimum atomic E-state index is -0.674. The number of aliphatic hydroxyl groups is 1. The van der Waals surface area contributed by atoms with Gasteiger partial charge in [-0.3, -0.25) is 0 Å². The quantitative estimate of drug-likeness (QED) is 0.795. The molecule has 1 N–H and O–H groups in total. The molecular weight excluding hydrogens is 350 g/mol. The SMILES string of the molecule is Cc1cc(C(O)c2ccc(F)cc2I)c(C)s1. The molecule has 0 amide bonds. The number of aliphatic hydroxyl groups excluding tert-OH is 1. The van der Waals surface area contributed by atoms with Crippen molar-refractivity contribution in [2.75, 3.05) is 0 Å². The second-order valence-corrected chi connectivity index (χ2v) is 6.56. The van der Waals surface area contributed by atoms with Gasteiger partial charge in [-0.2, -0.15) is 0 Å². The number of thiophene rings is 1. The summed E-state index contributed by atoms with van der Waals surface area (Å²) < 4.78 is 13.8. The predicted octanol–water partition coefficient (Wildman–Crippen LogP) is 4.19. The van der Waals surface area contributed by atoms with Crippen LogP contribution in [0.3, 0.4) is 0 Å². The molecule has 0 aliphatic heterocycles. The van der Waals surface area contributed by atoms with E-state index in [1.807, 2.05) is 42.5 Å². The number of hydrogen-bond donors (Lipinski definition) is 1. The molecule has 17 heavy (non-hydrogen) atoms. The molecule has 1 aromatic carbocycles. The van der Waals surface area contributed by atoms with E-state index in [1.165, 1.54) is 17.0 Å². The van der Waals surface area contributed by atoms with Crippen LogP contribution in [0.2, 0.25) is 0 Å². The number of aryl methyl sites for hydroxylation is 2. The van der Waals surface area contributed by atoms with Crippen molar-refractivity contribution in [2.24, 2.45) is 0 Å². The van der Waals surface area contributed by atoms with E-state index in [0.29, 0.717) is 0 Å². The molecule has 0 spiro atoms. The summed E-state index contributed by atoms with van der Waals surface area (Å²) in [6.07, 6.45) is -0.674. The Bertz CT molecular complexity index is 550. The summed E-state index contributed by atoms with van der Waals surface area (Å²) in [4.78, 5) is 2.28. The first kappa shape index (κ1) is 13.0. The molecular formula is C13H12FIOS. The van der Waals surface area contributed by atoms with E-state index in [9.17, 15) is 9.50 Å². The lowest BCUT2D eigenvalue weighted by atomic mass is 10.0. The van der Waals surface area contributed by atoms with Crippen molar-refractivity contribution in [3.05, 3.63) is 54.5 Å². The van der Waals surface area contributed by atoms with Gasteiger partial charge in [0, 0.05) is 13.3 Å². The van der Waals surface area contributed by atoms with Gasteiger partial charge in [-0.1, -0.05) is 6.07 Å². The van der Waals surface area contributed by atoms with E-state index < -0.39 is 6.10 Å². The highest BCUT2D eigenvalue weighted by molar-refractivity contribution is 14.1. The summed E-state index contributed by atoms with van der Waals surface area (Å²) in [6, 6.07) is 6.46. The Hall–Kier alpha value is -0.460. The lowest BCUT2D eigenvalue weighted by molar-refractivity contribution is 0.219. The molecule has 4 heteroatoms. The van der Waals surface area contributed by atoms with Gasteiger partial charge in [0.05, 0.1) is 0 Å². The molecule has 1 aromatic heterocycles. The van der Waals surface area contributed by atoms with Gasteiger partial charge in [-0.25, -0.2) is 4.39 Å². The summed E-state index contributed by atoms with van der Waals surface area (Å²) in [5.41, 5.74) is 1.67. The molecule has 0 saturated carbocycles. The van der Waals surface area contributed by atoms with Crippen molar-refractivity contribution in [1.29, 1.82) is 0 Å². The van der Waals surface area contributed by atoms with Crippen LogP contribution >= 0.6 is 33.9 Å². The maximum absolute atomic E-state index is 13.0. The van der Waals surface area contributed by atoms with Crippen molar-refractivity contribution in [3.8, 4) is 0 Å². The van der Waals surface area contributed by atoms with Gasteiger partial charge in [-0.15, -0.1) is 11.3 Å². The predicted molar refractivity (Wildman–Crippen MR) is 77.0 cm³/mol. The average molecular weight is 362 g/mol. The molecule has 90 valence electrons. The molecule has 1 unspecified atom stereocenters. The summed E-state index contributed by atoms with van der Waals surface area (Å²) in [5, 5.41) is 10.3. The highest BCUT2D eigenvalue weighted by atomic mass is 127. The van der Waals surface area contributed by atoms with Gasteiger partial charge in [0.25, 0.3) is 0 Å². The van der Waals surface area contributed by atoms with Crippen LogP contribution in [0, 0.1) is 23.2 Å². The van der Waals surface area contributed by atoms with E-state index in [4.69, 9.17) is 0 Å². The fourth-order valence-electron chi connectivity index (χ4n) is 1.81. The molecule has 0 saturated heterocycles. The van der Waals surface area contributed by atoms with Gasteiger partial charge < -0.3 is 5.11 Å². The summed E-state index contributed by atoms with van der Waals surface area (Å²) >= 11 is 3.71. The van der Waals surface area contributed by atoms with Crippen LogP contribution in [0.15, 0.2) is 24.3 Å². The smallest absolute Gasteiger partial charge is 0.124 e. The Balaban J connectivity index is 2.43. The highest BCUT2D eigenvalue weighted by Crippen LogP contribution is 2.32. The van der Waals surface area contributed by atoms with Crippen LogP contribution in [0.5, 0.6) is 0 Å². The minimum absolute atomic E-state index is 0.274. The number of rotatable bonds is 2. The molecule has 0 fully saturated rings. The fraction of sp³-hybridized carbons (Fsp3) is 0.231. The van der Waals surface area contributed by atoms with Crippen molar-refractivity contribution >= 4 is 33.9 Å². The average Bonchev–Trinajstić information content (AvgIpc) is 2.57. The molecule has 2 aromatic rings. The maximum atomic E-state index is 13.0. The molecule has 0 aliphatic carbocycles. The standard InChI is InChI=1S/C13H12FIOS/c1-7-5-11(8(2)17-7)13(16)10-4-3-9(14)6-12(10)15/h3-6,13,16H,1-2H3. The molecule has 1 atom stereocenters. The zero-order chi connectivity index (χ0) is 12.6. The van der Waals surface area contributed by atoms with Gasteiger partial charge in [0.1, 0.15) is 11.9 Å². The van der Waals surface area contributed by atoms with E-state index >= 15 is 0 Å². The van der Waals surface area contributed by atoms with Crippen LogP contribution < -0.4 is 0 Å². The fourth-order valence-corrected chi connectivity index (χ4v) is 3.54. The summed E-state index contributed by atoms with van der Waals surface area (Å²) in [5.74, 6) is -0.274. The second-order valence-electron chi connectivity index (χ2n) is 3.94. The van der Waals surface area contributed by atoms with Crippen LogP contribution in [-0.2, 0) is 0 Å². The molecule has 0 radical (unpaired) electrons. The van der Waals surface area contributed by atoms with Crippen molar-refractivity contribution < 1.29 is 9.50 Å². The Labute approximate surface area is 117 Å². The van der Waals surface area contributed by atoms with Crippen LogP contribution in [0.1, 0.15) is 27.0 Å². The largest absolute Gasteiger partial charge is 0.384 e. The van der Waals surface area contributed by atoms with E-state index in [1.54, 1.807) is 17.4 Å². The van der Waals surface area contributed by atoms with Gasteiger partial charge in [-0.05, 0) is 65.8 Å². The molecule has 2 rings (SSSR count). The van der Waals surface area contributed by atoms with Crippen LogP contribution in [0.4, 0.5) is 4.39 Å². The third kappa shape index (κ3) is 2.69. The molecule has 1 nitrogen and oxygen atoms in total. The Morgan fingerprint density at radius 1 is 1.24 bits per heavy atom. The first-order valence-corrected chi connectivity index (χ1v) is 7.08. The molecule has 1 heterocycles. The van der Waals surface area contributed by atoms with Crippen LogP contribution in [0.25, 0.3) is 0 Å². The van der Waals surface area contributed by atoms with Gasteiger partial charge in [0.15, 0.2) is 0 Å². The van der Waals surface area contributed by atoms with E-state index in [2.05, 4.69) is 0 Å². The highest BCUT2D eigenvalue weighted by Gasteiger charge is 2.17. The van der Waals surface area contributed by atoms with Gasteiger partial charge >= 0.3 is 0 Å². The molecule has 0 aliphatic rings. The lowest BCUT2D eigenvalue weighted by Crippen LogP contribution is -2.02. The Morgan fingerprint density at radius 3 is 2.47 bits per heavy atom. The number of benzene rings is 1. The first-order valence-electron chi connectivity index (χ1n) is 5.19. The summed E-state index contributed by atoms with van der Waals surface area (Å²) in [7, 11) is 0. The number of halogens is 2. The monoisotopic (exact) mass is 362 g/mol.